The second kappa shape index (κ2) is 9.44. The van der Waals surface area contributed by atoms with E-state index in [2.05, 4.69) is 26.0 Å². The van der Waals surface area contributed by atoms with Gasteiger partial charge in [0.15, 0.2) is 0 Å². The fourth-order valence-electron chi connectivity index (χ4n) is 1.39. The largest absolute Gasteiger partial charge is 0.462 e. The quantitative estimate of drug-likeness (QED) is 0.354. The predicted molar refractivity (Wildman–Crippen MR) is 68.3 cm³/mol. The molecule has 0 saturated heterocycles. The molecule has 0 heterocycles. The van der Waals surface area contributed by atoms with Crippen LogP contribution in [0.2, 0.25) is 0 Å². The summed E-state index contributed by atoms with van der Waals surface area (Å²) in [5.74, 6) is -0.0926. The molecule has 1 unspecified atom stereocenters. The summed E-state index contributed by atoms with van der Waals surface area (Å²) in [6, 6.07) is 0. The molecule has 0 fully saturated rings. The molecule has 0 amide bonds. The van der Waals surface area contributed by atoms with Crippen molar-refractivity contribution in [3.05, 3.63) is 12.2 Å². The van der Waals surface area contributed by atoms with Crippen LogP contribution < -0.4 is 0 Å². The molecule has 16 heavy (non-hydrogen) atoms. The van der Waals surface area contributed by atoms with Crippen molar-refractivity contribution >= 4 is 5.97 Å². The normalized spacial score (nSPS) is 13.3. The van der Waals surface area contributed by atoms with E-state index in [1.807, 2.05) is 13.8 Å². The third kappa shape index (κ3) is 7.49. The van der Waals surface area contributed by atoms with Crippen molar-refractivity contribution in [1.29, 1.82) is 0 Å². The molecule has 2 nitrogen and oxygen atoms in total. The van der Waals surface area contributed by atoms with Gasteiger partial charge in [0.1, 0.15) is 6.10 Å². The van der Waals surface area contributed by atoms with Gasteiger partial charge in [0.25, 0.3) is 0 Å². The lowest BCUT2D eigenvalue weighted by atomic mass is 10.1. The Balaban J connectivity index is 3.75. The van der Waals surface area contributed by atoms with Crippen LogP contribution in [0, 0.1) is 5.92 Å². The smallest absolute Gasteiger partial charge is 0.308 e. The Labute approximate surface area is 100 Å². The molecule has 94 valence electrons. The maximum atomic E-state index is 11.4. The Bertz CT molecular complexity index is 207. The highest BCUT2D eigenvalue weighted by molar-refractivity contribution is 5.71. The van der Waals surface area contributed by atoms with Crippen molar-refractivity contribution in [2.75, 3.05) is 0 Å². The molecule has 0 aliphatic rings. The zero-order valence-corrected chi connectivity index (χ0v) is 11.2. The number of carbonyl (C=O) groups is 1. The van der Waals surface area contributed by atoms with Crippen molar-refractivity contribution in [1.82, 2.24) is 0 Å². The van der Waals surface area contributed by atoms with E-state index >= 15 is 0 Å². The van der Waals surface area contributed by atoms with Crippen LogP contribution in [-0.4, -0.2) is 12.1 Å². The van der Waals surface area contributed by atoms with Crippen LogP contribution in [0.3, 0.4) is 0 Å². The molecule has 2 heteroatoms. The Morgan fingerprint density at radius 3 is 2.44 bits per heavy atom. The van der Waals surface area contributed by atoms with E-state index in [1.54, 1.807) is 0 Å². The van der Waals surface area contributed by atoms with Gasteiger partial charge in [-0.15, -0.1) is 0 Å². The van der Waals surface area contributed by atoms with Crippen LogP contribution in [0.15, 0.2) is 12.2 Å². The van der Waals surface area contributed by atoms with Crippen molar-refractivity contribution in [2.24, 2.45) is 5.92 Å². The lowest BCUT2D eigenvalue weighted by molar-refractivity contribution is -0.153. The highest BCUT2D eigenvalue weighted by Crippen LogP contribution is 2.11. The minimum Gasteiger partial charge on any atom is -0.462 e. The van der Waals surface area contributed by atoms with Gasteiger partial charge in [-0.3, -0.25) is 4.79 Å². The average Bonchev–Trinajstić information content (AvgIpc) is 2.26. The van der Waals surface area contributed by atoms with Gasteiger partial charge >= 0.3 is 5.97 Å². The maximum absolute atomic E-state index is 11.4. The van der Waals surface area contributed by atoms with E-state index in [9.17, 15) is 4.79 Å². The number of carbonyl (C=O) groups excluding carboxylic acids is 1. The number of allylic oxidation sites excluding steroid dienone is 2. The summed E-state index contributed by atoms with van der Waals surface area (Å²) in [6.45, 7) is 7.95. The van der Waals surface area contributed by atoms with Crippen molar-refractivity contribution in [3.8, 4) is 0 Å². The zero-order valence-electron chi connectivity index (χ0n) is 11.2. The molecule has 0 aromatic heterocycles. The average molecular weight is 226 g/mol. The second-order valence-electron chi connectivity index (χ2n) is 4.43. The molecule has 0 aromatic rings. The van der Waals surface area contributed by atoms with Crippen molar-refractivity contribution in [2.45, 2.75) is 65.9 Å². The lowest BCUT2D eigenvalue weighted by Crippen LogP contribution is -2.20. The van der Waals surface area contributed by atoms with Gasteiger partial charge in [0.2, 0.25) is 0 Å². The SMILES string of the molecule is CCC=CCCCC(CC)OC(=O)C(C)C. The van der Waals surface area contributed by atoms with Crippen LogP contribution in [0.4, 0.5) is 0 Å². The molecule has 0 spiro atoms. The first-order chi connectivity index (χ1) is 7.61. The van der Waals surface area contributed by atoms with Crippen LogP contribution in [0.1, 0.15) is 59.8 Å². The van der Waals surface area contributed by atoms with Gasteiger partial charge in [0, 0.05) is 0 Å². The van der Waals surface area contributed by atoms with E-state index in [0.29, 0.717) is 0 Å². The molecular weight excluding hydrogens is 200 g/mol. The molecular formula is C14H26O2. The van der Waals surface area contributed by atoms with Gasteiger partial charge in [0.05, 0.1) is 5.92 Å². The molecule has 0 saturated carbocycles. The maximum Gasteiger partial charge on any atom is 0.308 e. The minimum absolute atomic E-state index is 0.0194. The standard InChI is InChI=1S/C14H26O2/c1-5-7-8-9-10-11-13(6-2)16-14(15)12(3)4/h7-8,12-13H,5-6,9-11H2,1-4H3. The fraction of sp³-hybridized carbons (Fsp3) is 0.786. The number of hydrogen-bond donors (Lipinski definition) is 0. The summed E-state index contributed by atoms with van der Waals surface area (Å²) in [5, 5.41) is 0. The topological polar surface area (TPSA) is 26.3 Å². The van der Waals surface area contributed by atoms with Crippen LogP contribution in [0.5, 0.6) is 0 Å². The molecule has 0 aliphatic heterocycles. The molecule has 0 N–H and O–H groups in total. The summed E-state index contributed by atoms with van der Waals surface area (Å²) < 4.78 is 5.40. The predicted octanol–water partition coefficient (Wildman–Crippen LogP) is 4.10. The Morgan fingerprint density at radius 1 is 1.25 bits per heavy atom. The fourth-order valence-corrected chi connectivity index (χ4v) is 1.39. The Kier molecular flexibility index (Phi) is 8.97. The first kappa shape index (κ1) is 15.2. The van der Waals surface area contributed by atoms with Gasteiger partial charge in [-0.1, -0.05) is 39.8 Å². The van der Waals surface area contributed by atoms with Gasteiger partial charge in [-0.05, 0) is 32.1 Å². The Hall–Kier alpha value is -0.790. The molecule has 0 bridgehead atoms. The van der Waals surface area contributed by atoms with E-state index in [0.717, 1.165) is 32.1 Å². The highest BCUT2D eigenvalue weighted by Gasteiger charge is 2.14. The number of unbranched alkanes of at least 4 members (excludes halogenated alkanes) is 1. The summed E-state index contributed by atoms with van der Waals surface area (Å²) >= 11 is 0. The van der Waals surface area contributed by atoms with Gasteiger partial charge in [-0.25, -0.2) is 0 Å². The number of rotatable bonds is 8. The monoisotopic (exact) mass is 226 g/mol. The summed E-state index contributed by atoms with van der Waals surface area (Å²) in [7, 11) is 0. The second-order valence-corrected chi connectivity index (χ2v) is 4.43. The lowest BCUT2D eigenvalue weighted by Gasteiger charge is -2.17. The number of esters is 1. The molecule has 1 atom stereocenters. The molecule has 0 rings (SSSR count). The van der Waals surface area contributed by atoms with E-state index in [1.165, 1.54) is 0 Å². The molecule has 0 aliphatic carbocycles. The summed E-state index contributed by atoms with van der Waals surface area (Å²) in [6.07, 6.45) is 9.66. The van der Waals surface area contributed by atoms with E-state index in [-0.39, 0.29) is 18.0 Å². The zero-order chi connectivity index (χ0) is 12.4. The molecule has 0 aromatic carbocycles. The highest BCUT2D eigenvalue weighted by atomic mass is 16.5. The first-order valence-corrected chi connectivity index (χ1v) is 6.47. The van der Waals surface area contributed by atoms with Crippen molar-refractivity contribution in [3.63, 3.8) is 0 Å². The first-order valence-electron chi connectivity index (χ1n) is 6.47. The van der Waals surface area contributed by atoms with E-state index in [4.69, 9.17) is 4.74 Å². The Morgan fingerprint density at radius 2 is 1.94 bits per heavy atom. The van der Waals surface area contributed by atoms with Gasteiger partial charge in [-0.2, -0.15) is 0 Å². The third-order valence-electron chi connectivity index (χ3n) is 2.51. The van der Waals surface area contributed by atoms with Crippen LogP contribution in [0.25, 0.3) is 0 Å². The summed E-state index contributed by atoms with van der Waals surface area (Å²) in [4.78, 5) is 11.4. The van der Waals surface area contributed by atoms with Crippen LogP contribution >= 0.6 is 0 Å². The van der Waals surface area contributed by atoms with E-state index < -0.39 is 0 Å². The minimum atomic E-state index is -0.0732. The number of hydrogen-bond acceptors (Lipinski definition) is 2. The van der Waals surface area contributed by atoms with Crippen LogP contribution in [-0.2, 0) is 9.53 Å². The number of ether oxygens (including phenoxy) is 1. The van der Waals surface area contributed by atoms with Crippen molar-refractivity contribution < 1.29 is 9.53 Å². The summed E-state index contributed by atoms with van der Waals surface area (Å²) in [5.41, 5.74) is 0. The van der Waals surface area contributed by atoms with Gasteiger partial charge < -0.3 is 4.74 Å². The third-order valence-corrected chi connectivity index (χ3v) is 2.51. The molecule has 0 radical (unpaired) electrons.